The van der Waals surface area contributed by atoms with Crippen molar-refractivity contribution in [2.24, 2.45) is 0 Å². The second kappa shape index (κ2) is 4.80. The van der Waals surface area contributed by atoms with Crippen LogP contribution in [0.1, 0.15) is 11.4 Å². The van der Waals surface area contributed by atoms with Gasteiger partial charge in [0.1, 0.15) is 5.82 Å². The maximum absolute atomic E-state index is 14.0. The smallest absolute Gasteiger partial charge is 0.299 e. The highest BCUT2D eigenvalue weighted by molar-refractivity contribution is 9.10. The van der Waals surface area contributed by atoms with E-state index in [1.807, 2.05) is 0 Å². The number of hydrogen-bond acceptors (Lipinski definition) is 3. The van der Waals surface area contributed by atoms with Crippen LogP contribution in [0.4, 0.5) is 18.9 Å². The summed E-state index contributed by atoms with van der Waals surface area (Å²) in [6.45, 7) is -0.247. The van der Waals surface area contributed by atoms with Gasteiger partial charge in [0.2, 0.25) is 0 Å². The van der Waals surface area contributed by atoms with Crippen molar-refractivity contribution in [2.45, 2.75) is 12.5 Å². The molecule has 0 N–H and O–H groups in total. The molecule has 0 atom stereocenters. The zero-order valence-electron chi connectivity index (χ0n) is 10.4. The molecule has 0 bridgehead atoms. The quantitative estimate of drug-likeness (QED) is 0.829. The Morgan fingerprint density at radius 2 is 1.90 bits per heavy atom. The van der Waals surface area contributed by atoms with Gasteiger partial charge in [0.25, 0.3) is 0 Å². The largest absolute Gasteiger partial charge is 0.352 e. The van der Waals surface area contributed by atoms with Crippen molar-refractivity contribution in [1.29, 1.82) is 0 Å². The van der Waals surface area contributed by atoms with Crippen LogP contribution in [-0.4, -0.2) is 15.9 Å². The molecule has 0 fully saturated rings. The van der Waals surface area contributed by atoms with Gasteiger partial charge in [-0.3, -0.25) is 9.69 Å². The van der Waals surface area contributed by atoms with E-state index in [1.165, 1.54) is 12.1 Å². The number of rotatable bonds is 2. The minimum Gasteiger partial charge on any atom is -0.299 e. The highest BCUT2D eigenvalue weighted by Crippen LogP contribution is 2.45. The Morgan fingerprint density at radius 3 is 2.57 bits per heavy atom. The molecule has 8 heteroatoms. The van der Waals surface area contributed by atoms with Crippen LogP contribution in [0.3, 0.4) is 0 Å². The lowest BCUT2D eigenvalue weighted by Crippen LogP contribution is -2.34. The molecule has 0 saturated heterocycles. The summed E-state index contributed by atoms with van der Waals surface area (Å²) in [7, 11) is 0. The van der Waals surface area contributed by atoms with E-state index in [9.17, 15) is 18.0 Å². The first kappa shape index (κ1) is 14.0. The van der Waals surface area contributed by atoms with E-state index in [4.69, 9.17) is 0 Å². The molecule has 2 aromatic rings. The monoisotopic (exact) mass is 357 g/mol. The van der Waals surface area contributed by atoms with E-state index in [-0.39, 0.29) is 23.6 Å². The number of carbonyl (C=O) groups is 1. The second-order valence-corrected chi connectivity index (χ2v) is 5.36. The third kappa shape index (κ3) is 2.29. The number of anilines is 1. The van der Waals surface area contributed by atoms with E-state index < -0.39 is 17.6 Å². The first-order chi connectivity index (χ1) is 9.89. The van der Waals surface area contributed by atoms with Crippen LogP contribution in [0.15, 0.2) is 35.1 Å². The summed E-state index contributed by atoms with van der Waals surface area (Å²) in [5.74, 6) is -5.50. The average molecular weight is 358 g/mol. The molecule has 3 rings (SSSR count). The minimum absolute atomic E-state index is 0.0799. The number of nitrogens with zero attached hydrogens (tertiary/aromatic N) is 3. The van der Waals surface area contributed by atoms with Crippen molar-refractivity contribution in [1.82, 2.24) is 9.97 Å². The van der Waals surface area contributed by atoms with E-state index >= 15 is 0 Å². The van der Waals surface area contributed by atoms with Crippen LogP contribution >= 0.6 is 15.9 Å². The number of amides is 1. The lowest BCUT2D eigenvalue weighted by molar-refractivity contribution is -0.141. The van der Waals surface area contributed by atoms with E-state index in [1.54, 1.807) is 6.07 Å². The molecular formula is C13H7BrF3N3O. The lowest BCUT2D eigenvalue weighted by atomic mass is 10.1. The SMILES string of the molecule is O=C1N(Cc2ncc(F)cn2)c2ccc(Br)cc2C1(F)F. The van der Waals surface area contributed by atoms with Crippen LogP contribution in [-0.2, 0) is 17.3 Å². The third-order valence-electron chi connectivity index (χ3n) is 3.07. The number of hydrogen-bond donors (Lipinski definition) is 0. The fraction of sp³-hybridized carbons (Fsp3) is 0.154. The molecule has 0 spiro atoms. The van der Waals surface area contributed by atoms with Crippen LogP contribution in [0, 0.1) is 5.82 Å². The molecule has 0 aliphatic carbocycles. The van der Waals surface area contributed by atoms with Gasteiger partial charge < -0.3 is 0 Å². The Bertz CT molecular complexity index is 721. The maximum Gasteiger partial charge on any atom is 0.352 e. The summed E-state index contributed by atoms with van der Waals surface area (Å²) in [4.78, 5) is 20.2. The predicted molar refractivity (Wildman–Crippen MR) is 71.2 cm³/mol. The molecular weight excluding hydrogens is 351 g/mol. The summed E-state index contributed by atoms with van der Waals surface area (Å²) in [5, 5.41) is 0. The lowest BCUT2D eigenvalue weighted by Gasteiger charge is -2.16. The number of aromatic nitrogens is 2. The summed E-state index contributed by atoms with van der Waals surface area (Å²) >= 11 is 3.10. The van der Waals surface area contributed by atoms with Crippen LogP contribution in [0.2, 0.25) is 0 Å². The molecule has 1 aliphatic rings. The number of fused-ring (bicyclic) bond motifs is 1. The van der Waals surface area contributed by atoms with Crippen LogP contribution in [0.5, 0.6) is 0 Å². The third-order valence-corrected chi connectivity index (χ3v) is 3.57. The maximum atomic E-state index is 14.0. The Kier molecular flexibility index (Phi) is 3.20. The van der Waals surface area contributed by atoms with Gasteiger partial charge in [0, 0.05) is 4.47 Å². The summed E-state index contributed by atoms with van der Waals surface area (Å²) in [6, 6.07) is 4.19. The van der Waals surface area contributed by atoms with Gasteiger partial charge in [-0.1, -0.05) is 15.9 Å². The zero-order chi connectivity index (χ0) is 15.2. The van der Waals surface area contributed by atoms with Crippen molar-refractivity contribution in [3.8, 4) is 0 Å². The average Bonchev–Trinajstić information content (AvgIpc) is 2.63. The molecule has 0 saturated carbocycles. The molecule has 1 aromatic heterocycles. The van der Waals surface area contributed by atoms with Gasteiger partial charge in [-0.15, -0.1) is 0 Å². The molecule has 1 aliphatic heterocycles. The van der Waals surface area contributed by atoms with Gasteiger partial charge in [0.15, 0.2) is 5.82 Å². The normalized spacial score (nSPS) is 16.2. The first-order valence-corrected chi connectivity index (χ1v) is 6.65. The van der Waals surface area contributed by atoms with Crippen molar-refractivity contribution in [3.63, 3.8) is 0 Å². The molecule has 108 valence electrons. The highest BCUT2D eigenvalue weighted by Gasteiger charge is 2.53. The number of halogens is 4. The molecule has 0 radical (unpaired) electrons. The van der Waals surface area contributed by atoms with E-state index in [0.717, 1.165) is 17.3 Å². The Morgan fingerprint density at radius 1 is 1.24 bits per heavy atom. The van der Waals surface area contributed by atoms with Crippen LogP contribution in [0.25, 0.3) is 0 Å². The van der Waals surface area contributed by atoms with Crippen molar-refractivity contribution < 1.29 is 18.0 Å². The standard InChI is InChI=1S/C13H7BrF3N3O/c14-7-1-2-10-9(3-7)13(16,17)12(21)20(10)6-11-18-4-8(15)5-19-11/h1-5H,6H2. The van der Waals surface area contributed by atoms with Gasteiger partial charge >= 0.3 is 11.8 Å². The second-order valence-electron chi connectivity index (χ2n) is 4.44. The van der Waals surface area contributed by atoms with Gasteiger partial charge in [-0.05, 0) is 18.2 Å². The summed E-state index contributed by atoms with van der Waals surface area (Å²) in [6.07, 6.45) is 1.84. The zero-order valence-corrected chi connectivity index (χ0v) is 11.9. The fourth-order valence-corrected chi connectivity index (χ4v) is 2.47. The van der Waals surface area contributed by atoms with E-state index in [0.29, 0.717) is 4.47 Å². The number of alkyl halides is 2. The minimum atomic E-state index is -3.60. The highest BCUT2D eigenvalue weighted by atomic mass is 79.9. The molecule has 1 amide bonds. The Labute approximate surface area is 125 Å². The topological polar surface area (TPSA) is 46.1 Å². The van der Waals surface area contributed by atoms with Crippen molar-refractivity contribution in [3.05, 3.63) is 52.3 Å². The first-order valence-electron chi connectivity index (χ1n) is 5.86. The predicted octanol–water partition coefficient (Wildman–Crippen LogP) is 3.02. The van der Waals surface area contributed by atoms with Gasteiger partial charge in [-0.2, -0.15) is 8.78 Å². The molecule has 4 nitrogen and oxygen atoms in total. The Hall–Kier alpha value is -1.96. The number of benzene rings is 1. The molecule has 21 heavy (non-hydrogen) atoms. The molecule has 2 heterocycles. The number of carbonyl (C=O) groups excluding carboxylic acids is 1. The van der Waals surface area contributed by atoms with Gasteiger partial charge in [0.05, 0.1) is 30.2 Å². The Balaban J connectivity index is 2.00. The van der Waals surface area contributed by atoms with E-state index in [2.05, 4.69) is 25.9 Å². The molecule has 0 unspecified atom stereocenters. The van der Waals surface area contributed by atoms with Crippen LogP contribution < -0.4 is 4.90 Å². The van der Waals surface area contributed by atoms with Gasteiger partial charge in [-0.25, -0.2) is 14.4 Å². The van der Waals surface area contributed by atoms with Crippen molar-refractivity contribution >= 4 is 27.5 Å². The molecule has 1 aromatic carbocycles. The fourth-order valence-electron chi connectivity index (χ4n) is 2.11. The summed E-state index contributed by atoms with van der Waals surface area (Å²) < 4.78 is 41.2. The van der Waals surface area contributed by atoms with Crippen molar-refractivity contribution in [2.75, 3.05) is 4.90 Å². The summed E-state index contributed by atoms with van der Waals surface area (Å²) in [5.41, 5.74) is -0.273.